The molecule has 20 heavy (non-hydrogen) atoms. The van der Waals surface area contributed by atoms with Crippen LogP contribution in [0.1, 0.15) is 22.6 Å². The van der Waals surface area contributed by atoms with Gasteiger partial charge >= 0.3 is 0 Å². The van der Waals surface area contributed by atoms with Crippen LogP contribution in [-0.4, -0.2) is 37.3 Å². The molecule has 0 radical (unpaired) electrons. The van der Waals surface area contributed by atoms with Gasteiger partial charge in [0.2, 0.25) is 0 Å². The number of carbonyl (C=O) groups is 1. The van der Waals surface area contributed by atoms with Gasteiger partial charge in [0.15, 0.2) is 5.69 Å². The van der Waals surface area contributed by atoms with E-state index in [-0.39, 0.29) is 18.3 Å². The topological polar surface area (TPSA) is 64.1 Å². The third kappa shape index (κ3) is 6.07. The summed E-state index contributed by atoms with van der Waals surface area (Å²) in [5.74, 6) is -0.293. The van der Waals surface area contributed by atoms with Gasteiger partial charge in [0.05, 0.1) is 5.69 Å². The number of hydrogen-bond donors (Lipinski definition) is 1. The first-order valence-corrected chi connectivity index (χ1v) is 10.4. The number of nitrogens with zero attached hydrogens (tertiary/aromatic N) is 2. The van der Waals surface area contributed by atoms with Gasteiger partial charge in [0.1, 0.15) is 6.73 Å². The minimum Gasteiger partial charge on any atom is -0.361 e. The van der Waals surface area contributed by atoms with E-state index < -0.39 is 8.07 Å². The summed E-state index contributed by atoms with van der Waals surface area (Å²) in [5.41, 5.74) is 0.747. The van der Waals surface area contributed by atoms with Crippen molar-refractivity contribution in [3.63, 3.8) is 0 Å². The van der Waals surface area contributed by atoms with Crippen molar-refractivity contribution < 1.29 is 9.53 Å². The van der Waals surface area contributed by atoms with Crippen LogP contribution in [0, 0.1) is 0 Å². The van der Waals surface area contributed by atoms with E-state index >= 15 is 0 Å². The summed E-state index contributed by atoms with van der Waals surface area (Å²) in [6, 6.07) is 1.23. The highest BCUT2D eigenvalue weighted by Gasteiger charge is 2.13. The van der Waals surface area contributed by atoms with E-state index in [2.05, 4.69) is 41.5 Å². The fourth-order valence-electron chi connectivity index (χ4n) is 1.65. The van der Waals surface area contributed by atoms with Crippen LogP contribution in [-0.2, 0) is 4.74 Å². The van der Waals surface area contributed by atoms with Crippen LogP contribution in [0.4, 0.5) is 0 Å². The summed E-state index contributed by atoms with van der Waals surface area (Å²) in [4.78, 5) is 19.9. The molecule has 0 aliphatic rings. The van der Waals surface area contributed by atoms with Crippen LogP contribution in [0.3, 0.4) is 0 Å². The monoisotopic (exact) mass is 293 g/mol. The van der Waals surface area contributed by atoms with Crippen LogP contribution < -0.4 is 5.32 Å². The smallest absolute Gasteiger partial charge is 0.273 e. The maximum atomic E-state index is 11.9. The van der Waals surface area contributed by atoms with Crippen molar-refractivity contribution in [2.45, 2.75) is 32.1 Å². The second kappa shape index (κ2) is 7.91. The third-order valence-electron chi connectivity index (χ3n) is 2.69. The van der Waals surface area contributed by atoms with Gasteiger partial charge in [0.25, 0.3) is 5.91 Å². The Bertz CT molecular complexity index is 458. The maximum Gasteiger partial charge on any atom is 0.273 e. The summed E-state index contributed by atoms with van der Waals surface area (Å²) in [7, 11) is -1.00. The number of carbonyl (C=O) groups excluding carboxylic acids is 1. The fraction of sp³-hybridized carbons (Fsp3) is 0.500. The SMILES string of the molecule is C=Cc1nccnc1C(=O)NCOCCC[Si](C)(C)C. The second-order valence-corrected chi connectivity index (χ2v) is 11.3. The lowest BCUT2D eigenvalue weighted by molar-refractivity contribution is 0.0787. The Kier molecular flexibility index (Phi) is 6.54. The Morgan fingerprint density at radius 2 is 2.10 bits per heavy atom. The van der Waals surface area contributed by atoms with Gasteiger partial charge in [-0.25, -0.2) is 4.98 Å². The highest BCUT2D eigenvalue weighted by atomic mass is 28.3. The minimum atomic E-state index is -1.00. The predicted octanol–water partition coefficient (Wildman–Crippen LogP) is 2.55. The Morgan fingerprint density at radius 3 is 2.75 bits per heavy atom. The Morgan fingerprint density at radius 1 is 1.40 bits per heavy atom. The molecule has 1 N–H and O–H groups in total. The molecule has 1 aromatic rings. The van der Waals surface area contributed by atoms with E-state index in [4.69, 9.17) is 4.74 Å². The molecule has 0 saturated carbocycles. The molecular formula is C14H23N3O2Si. The molecule has 0 aliphatic heterocycles. The Balaban J connectivity index is 2.29. The molecule has 0 unspecified atom stereocenters. The quantitative estimate of drug-likeness (QED) is 0.454. The summed E-state index contributed by atoms with van der Waals surface area (Å²) in [6.45, 7) is 11.5. The molecule has 0 spiro atoms. The van der Waals surface area contributed by atoms with E-state index in [9.17, 15) is 4.79 Å². The molecule has 1 rings (SSSR count). The molecule has 6 heteroatoms. The first-order chi connectivity index (χ1) is 9.44. The molecule has 0 fully saturated rings. The van der Waals surface area contributed by atoms with Crippen molar-refractivity contribution in [3.05, 3.63) is 30.4 Å². The van der Waals surface area contributed by atoms with Gasteiger partial charge in [-0.3, -0.25) is 9.78 Å². The molecular weight excluding hydrogens is 270 g/mol. The Labute approximate surface area is 121 Å². The van der Waals surface area contributed by atoms with Gasteiger partial charge in [-0.1, -0.05) is 32.3 Å². The number of aromatic nitrogens is 2. The third-order valence-corrected chi connectivity index (χ3v) is 4.54. The lowest BCUT2D eigenvalue weighted by atomic mass is 10.3. The van der Waals surface area contributed by atoms with Crippen LogP contribution in [0.2, 0.25) is 25.7 Å². The van der Waals surface area contributed by atoms with Crippen molar-refractivity contribution >= 4 is 20.1 Å². The number of hydrogen-bond acceptors (Lipinski definition) is 4. The van der Waals surface area contributed by atoms with Crippen molar-refractivity contribution in [1.82, 2.24) is 15.3 Å². The molecule has 0 bridgehead atoms. The number of ether oxygens (including phenoxy) is 1. The normalized spacial score (nSPS) is 11.2. The largest absolute Gasteiger partial charge is 0.361 e. The number of amides is 1. The lowest BCUT2D eigenvalue weighted by Crippen LogP contribution is -2.28. The molecule has 1 heterocycles. The fourth-order valence-corrected chi connectivity index (χ4v) is 2.86. The zero-order chi connectivity index (χ0) is 15.0. The summed E-state index contributed by atoms with van der Waals surface area (Å²) in [6.07, 6.45) is 5.56. The summed E-state index contributed by atoms with van der Waals surface area (Å²) in [5, 5.41) is 2.67. The van der Waals surface area contributed by atoms with Crippen molar-refractivity contribution in [2.24, 2.45) is 0 Å². The van der Waals surface area contributed by atoms with Gasteiger partial charge in [-0.2, -0.15) is 0 Å². The van der Waals surface area contributed by atoms with Gasteiger partial charge in [-0.05, 0) is 12.5 Å². The average Bonchev–Trinajstić information content (AvgIpc) is 2.41. The molecule has 0 atom stereocenters. The maximum absolute atomic E-state index is 11.9. The van der Waals surface area contributed by atoms with Crippen LogP contribution in [0.5, 0.6) is 0 Å². The van der Waals surface area contributed by atoms with Gasteiger partial charge in [0, 0.05) is 27.1 Å². The van der Waals surface area contributed by atoms with E-state index in [0.717, 1.165) is 6.42 Å². The van der Waals surface area contributed by atoms with Crippen molar-refractivity contribution in [1.29, 1.82) is 0 Å². The van der Waals surface area contributed by atoms with E-state index in [0.29, 0.717) is 12.3 Å². The van der Waals surface area contributed by atoms with E-state index in [1.807, 2.05) is 0 Å². The molecule has 5 nitrogen and oxygen atoms in total. The number of rotatable bonds is 8. The lowest BCUT2D eigenvalue weighted by Gasteiger charge is -2.15. The minimum absolute atomic E-state index is 0.192. The van der Waals surface area contributed by atoms with Gasteiger partial charge in [-0.15, -0.1) is 0 Å². The standard InChI is InChI=1S/C14H23N3O2Si/c1-5-12-13(16-8-7-15-12)14(18)17-11-19-9-6-10-20(2,3)4/h5,7-8H,1,6,9-11H2,2-4H3,(H,17,18). The van der Waals surface area contributed by atoms with Crippen molar-refractivity contribution in [3.8, 4) is 0 Å². The predicted molar refractivity (Wildman–Crippen MR) is 83.2 cm³/mol. The van der Waals surface area contributed by atoms with E-state index in [1.165, 1.54) is 24.5 Å². The zero-order valence-corrected chi connectivity index (χ0v) is 13.5. The van der Waals surface area contributed by atoms with Crippen molar-refractivity contribution in [2.75, 3.05) is 13.3 Å². The molecule has 1 amide bonds. The highest BCUT2D eigenvalue weighted by molar-refractivity contribution is 6.76. The van der Waals surface area contributed by atoms with Gasteiger partial charge < -0.3 is 10.1 Å². The zero-order valence-electron chi connectivity index (χ0n) is 12.5. The molecule has 0 saturated heterocycles. The van der Waals surface area contributed by atoms with Crippen LogP contribution in [0.15, 0.2) is 19.0 Å². The number of nitrogens with one attached hydrogen (secondary N) is 1. The highest BCUT2D eigenvalue weighted by Crippen LogP contribution is 2.10. The molecule has 110 valence electrons. The second-order valence-electron chi connectivity index (χ2n) is 5.72. The molecule has 0 aromatic carbocycles. The first-order valence-electron chi connectivity index (χ1n) is 6.73. The summed E-state index contributed by atoms with van der Waals surface area (Å²) >= 11 is 0. The van der Waals surface area contributed by atoms with Crippen LogP contribution >= 0.6 is 0 Å². The molecule has 0 aliphatic carbocycles. The molecule has 1 aromatic heterocycles. The summed E-state index contributed by atoms with van der Waals surface area (Å²) < 4.78 is 5.41. The Hall–Kier alpha value is -1.53. The average molecular weight is 293 g/mol. The van der Waals surface area contributed by atoms with E-state index in [1.54, 1.807) is 0 Å². The van der Waals surface area contributed by atoms with Crippen LogP contribution in [0.25, 0.3) is 6.08 Å². The first kappa shape index (κ1) is 16.5.